The summed E-state index contributed by atoms with van der Waals surface area (Å²) in [4.78, 5) is 2.35. The van der Waals surface area contributed by atoms with Gasteiger partial charge in [-0.1, -0.05) is 13.8 Å². The predicted molar refractivity (Wildman–Crippen MR) is 41.9 cm³/mol. The molecule has 2 unspecified atom stereocenters. The van der Waals surface area contributed by atoms with E-state index in [1.54, 1.807) is 0 Å². The van der Waals surface area contributed by atoms with Gasteiger partial charge in [0.15, 0.2) is 0 Å². The number of nitrogens with zero attached hydrogens (tertiary/aromatic N) is 1. The van der Waals surface area contributed by atoms with Gasteiger partial charge in [0.1, 0.15) is 0 Å². The second-order valence-corrected chi connectivity index (χ2v) is 2.96. The number of hydrogen-bond donors (Lipinski definition) is 1. The van der Waals surface area contributed by atoms with E-state index in [1.165, 1.54) is 0 Å². The molecule has 0 spiro atoms. The van der Waals surface area contributed by atoms with E-state index >= 15 is 0 Å². The lowest BCUT2D eigenvalue weighted by molar-refractivity contribution is 0.116. The first-order valence-corrected chi connectivity index (χ1v) is 4.21. The summed E-state index contributed by atoms with van der Waals surface area (Å²) in [6, 6.07) is 0.435. The van der Waals surface area contributed by atoms with Gasteiger partial charge in [0.25, 0.3) is 0 Å². The van der Waals surface area contributed by atoms with Gasteiger partial charge in [-0.3, -0.25) is 4.90 Å². The molecule has 0 aromatic heterocycles. The van der Waals surface area contributed by atoms with Gasteiger partial charge in [-0.25, -0.2) is 0 Å². The number of hydrogen-bond acceptors (Lipinski definition) is 2. The Morgan fingerprint density at radius 2 is 2.20 bits per heavy atom. The second kappa shape index (κ2) is 3.35. The molecule has 0 radical (unpaired) electrons. The highest BCUT2D eigenvalue weighted by Crippen LogP contribution is 2.19. The summed E-state index contributed by atoms with van der Waals surface area (Å²) in [6.07, 6.45) is 1.98. The molecule has 0 saturated carbocycles. The largest absolute Gasteiger partial charge is 0.391 e. The molecule has 1 aliphatic rings. The fraction of sp³-hybridized carbons (Fsp3) is 1.00. The maximum absolute atomic E-state index is 9.45. The molecule has 1 aliphatic heterocycles. The fourth-order valence-electron chi connectivity index (χ4n) is 1.82. The summed E-state index contributed by atoms with van der Waals surface area (Å²) in [5.74, 6) is 0. The summed E-state index contributed by atoms with van der Waals surface area (Å²) in [7, 11) is 0. The van der Waals surface area contributed by atoms with E-state index in [1.807, 2.05) is 0 Å². The van der Waals surface area contributed by atoms with E-state index < -0.39 is 0 Å². The molecule has 1 saturated heterocycles. The van der Waals surface area contributed by atoms with Gasteiger partial charge in [-0.2, -0.15) is 0 Å². The summed E-state index contributed by atoms with van der Waals surface area (Å²) in [6.45, 7) is 6.45. The molecule has 2 atom stereocenters. The quantitative estimate of drug-likeness (QED) is 0.619. The van der Waals surface area contributed by atoms with Gasteiger partial charge in [-0.05, 0) is 19.4 Å². The minimum atomic E-state index is -0.0649. The minimum Gasteiger partial charge on any atom is -0.391 e. The monoisotopic (exact) mass is 143 g/mol. The first-order valence-electron chi connectivity index (χ1n) is 4.21. The van der Waals surface area contributed by atoms with Crippen molar-refractivity contribution < 1.29 is 5.11 Å². The van der Waals surface area contributed by atoms with Gasteiger partial charge in [-0.15, -0.1) is 0 Å². The summed E-state index contributed by atoms with van der Waals surface area (Å²) >= 11 is 0. The lowest BCUT2D eigenvalue weighted by Crippen LogP contribution is -2.34. The molecule has 0 aromatic rings. The lowest BCUT2D eigenvalue weighted by Gasteiger charge is -2.22. The van der Waals surface area contributed by atoms with Crippen LogP contribution in [0.3, 0.4) is 0 Å². The molecule has 2 heteroatoms. The third-order valence-electron chi connectivity index (χ3n) is 2.45. The SMILES string of the molecule is CCC1C(O)CCN1CC. The molecule has 1 heterocycles. The van der Waals surface area contributed by atoms with E-state index in [0.717, 1.165) is 25.9 Å². The highest BCUT2D eigenvalue weighted by molar-refractivity contribution is 4.84. The van der Waals surface area contributed by atoms with Crippen molar-refractivity contribution in [2.45, 2.75) is 38.8 Å². The van der Waals surface area contributed by atoms with Gasteiger partial charge in [0, 0.05) is 12.6 Å². The van der Waals surface area contributed by atoms with Crippen LogP contribution in [-0.2, 0) is 0 Å². The van der Waals surface area contributed by atoms with Gasteiger partial charge in [0.2, 0.25) is 0 Å². The van der Waals surface area contributed by atoms with Crippen LogP contribution in [0, 0.1) is 0 Å². The van der Waals surface area contributed by atoms with E-state index in [9.17, 15) is 5.11 Å². The van der Waals surface area contributed by atoms with Crippen LogP contribution in [0.1, 0.15) is 26.7 Å². The van der Waals surface area contributed by atoms with Crippen LogP contribution in [-0.4, -0.2) is 35.2 Å². The molecule has 1 rings (SSSR count). The van der Waals surface area contributed by atoms with E-state index in [2.05, 4.69) is 18.7 Å². The average molecular weight is 143 g/mol. The number of aliphatic hydroxyl groups excluding tert-OH is 1. The number of likely N-dealkylation sites (N-methyl/N-ethyl adjacent to an activating group) is 1. The predicted octanol–water partition coefficient (Wildman–Crippen LogP) is 0.851. The van der Waals surface area contributed by atoms with Crippen molar-refractivity contribution in [1.29, 1.82) is 0 Å². The summed E-state index contributed by atoms with van der Waals surface area (Å²) < 4.78 is 0. The zero-order chi connectivity index (χ0) is 7.56. The number of likely N-dealkylation sites (tertiary alicyclic amines) is 1. The van der Waals surface area contributed by atoms with Crippen LogP contribution in [0.5, 0.6) is 0 Å². The maximum Gasteiger partial charge on any atom is 0.0707 e. The van der Waals surface area contributed by atoms with E-state index in [-0.39, 0.29) is 6.10 Å². The molecule has 1 N–H and O–H groups in total. The van der Waals surface area contributed by atoms with Crippen molar-refractivity contribution in [2.24, 2.45) is 0 Å². The zero-order valence-corrected chi connectivity index (χ0v) is 6.88. The molecule has 10 heavy (non-hydrogen) atoms. The molecule has 0 aromatic carbocycles. The molecule has 0 aliphatic carbocycles. The highest BCUT2D eigenvalue weighted by atomic mass is 16.3. The van der Waals surface area contributed by atoms with Crippen LogP contribution < -0.4 is 0 Å². The molecule has 60 valence electrons. The van der Waals surface area contributed by atoms with Gasteiger partial charge >= 0.3 is 0 Å². The lowest BCUT2D eigenvalue weighted by atomic mass is 10.1. The smallest absolute Gasteiger partial charge is 0.0707 e. The topological polar surface area (TPSA) is 23.5 Å². The van der Waals surface area contributed by atoms with Crippen LogP contribution >= 0.6 is 0 Å². The Balaban J connectivity index is 2.45. The number of aliphatic hydroxyl groups is 1. The maximum atomic E-state index is 9.45. The Hall–Kier alpha value is -0.0800. The van der Waals surface area contributed by atoms with E-state index in [0.29, 0.717) is 6.04 Å². The molecule has 0 bridgehead atoms. The Kier molecular flexibility index (Phi) is 2.69. The fourth-order valence-corrected chi connectivity index (χ4v) is 1.82. The van der Waals surface area contributed by atoms with Crippen LogP contribution in [0.4, 0.5) is 0 Å². The summed E-state index contributed by atoms with van der Waals surface area (Å²) in [5, 5.41) is 9.45. The first kappa shape index (κ1) is 8.02. The number of rotatable bonds is 2. The van der Waals surface area contributed by atoms with Crippen LogP contribution in [0.15, 0.2) is 0 Å². The molecular formula is C8H17NO. The van der Waals surface area contributed by atoms with Crippen molar-refractivity contribution in [2.75, 3.05) is 13.1 Å². The molecule has 2 nitrogen and oxygen atoms in total. The van der Waals surface area contributed by atoms with Crippen LogP contribution in [0.2, 0.25) is 0 Å². The molecular weight excluding hydrogens is 126 g/mol. The van der Waals surface area contributed by atoms with Crippen molar-refractivity contribution >= 4 is 0 Å². The zero-order valence-electron chi connectivity index (χ0n) is 6.88. The second-order valence-electron chi connectivity index (χ2n) is 2.96. The molecule has 0 amide bonds. The third kappa shape index (κ3) is 1.32. The Morgan fingerprint density at radius 1 is 1.50 bits per heavy atom. The average Bonchev–Trinajstić information content (AvgIpc) is 2.30. The van der Waals surface area contributed by atoms with Gasteiger partial charge < -0.3 is 5.11 Å². The Morgan fingerprint density at radius 3 is 2.60 bits per heavy atom. The Labute approximate surface area is 62.8 Å². The van der Waals surface area contributed by atoms with Crippen molar-refractivity contribution in [3.63, 3.8) is 0 Å². The van der Waals surface area contributed by atoms with Crippen molar-refractivity contribution in [3.05, 3.63) is 0 Å². The van der Waals surface area contributed by atoms with Crippen molar-refractivity contribution in [3.8, 4) is 0 Å². The standard InChI is InChI=1S/C8H17NO/c1-3-7-8(10)5-6-9(7)4-2/h7-8,10H,3-6H2,1-2H3. The van der Waals surface area contributed by atoms with Crippen LogP contribution in [0.25, 0.3) is 0 Å². The summed E-state index contributed by atoms with van der Waals surface area (Å²) in [5.41, 5.74) is 0. The normalized spacial score (nSPS) is 35.1. The van der Waals surface area contributed by atoms with Crippen molar-refractivity contribution in [1.82, 2.24) is 4.90 Å². The van der Waals surface area contributed by atoms with Gasteiger partial charge in [0.05, 0.1) is 6.10 Å². The third-order valence-corrected chi connectivity index (χ3v) is 2.45. The Bertz CT molecular complexity index is 105. The highest BCUT2D eigenvalue weighted by Gasteiger charge is 2.29. The minimum absolute atomic E-state index is 0.0649. The first-order chi connectivity index (χ1) is 4.79. The van der Waals surface area contributed by atoms with E-state index in [4.69, 9.17) is 0 Å². The molecule has 1 fully saturated rings.